The second kappa shape index (κ2) is 8.38. The van der Waals surface area contributed by atoms with Gasteiger partial charge >= 0.3 is 5.97 Å². The van der Waals surface area contributed by atoms with Crippen LogP contribution in [0.5, 0.6) is 5.75 Å². The zero-order chi connectivity index (χ0) is 23.1. The summed E-state index contributed by atoms with van der Waals surface area (Å²) < 4.78 is 5.74. The first-order valence-corrected chi connectivity index (χ1v) is 11.9. The van der Waals surface area contributed by atoms with Crippen LogP contribution in [-0.2, 0) is 22.0 Å². The van der Waals surface area contributed by atoms with Gasteiger partial charge in [0.2, 0.25) is 5.91 Å². The summed E-state index contributed by atoms with van der Waals surface area (Å²) in [6.45, 7) is 11.3. The Morgan fingerprint density at radius 2 is 1.62 bits per heavy atom. The maximum absolute atomic E-state index is 13.2. The van der Waals surface area contributed by atoms with Crippen LogP contribution in [0.3, 0.4) is 0 Å². The molecule has 2 aromatic rings. The molecule has 0 radical (unpaired) electrons. The number of hydrogen-bond acceptors (Lipinski definition) is 3. The molecule has 170 valence electrons. The Kier molecular flexibility index (Phi) is 5.91. The van der Waals surface area contributed by atoms with Crippen molar-refractivity contribution in [1.82, 2.24) is 0 Å². The molecule has 0 bridgehead atoms. The van der Waals surface area contributed by atoms with Crippen molar-refractivity contribution >= 4 is 17.6 Å². The lowest BCUT2D eigenvalue weighted by Gasteiger charge is -2.43. The summed E-state index contributed by atoms with van der Waals surface area (Å²) >= 11 is 0. The first-order valence-electron chi connectivity index (χ1n) is 11.9. The van der Waals surface area contributed by atoms with Crippen molar-refractivity contribution in [2.75, 3.05) is 5.32 Å². The highest BCUT2D eigenvalue weighted by molar-refractivity contribution is 5.94. The van der Waals surface area contributed by atoms with Crippen LogP contribution in [0.25, 0.3) is 0 Å². The van der Waals surface area contributed by atoms with Gasteiger partial charge in [0.15, 0.2) is 0 Å². The molecule has 0 unspecified atom stereocenters. The van der Waals surface area contributed by atoms with Gasteiger partial charge in [-0.1, -0.05) is 47.1 Å². The third-order valence-electron chi connectivity index (χ3n) is 7.48. The molecular formula is C28H35NO3. The van der Waals surface area contributed by atoms with E-state index >= 15 is 0 Å². The fourth-order valence-corrected chi connectivity index (χ4v) is 5.11. The van der Waals surface area contributed by atoms with Crippen LogP contribution in [0.4, 0.5) is 5.69 Å². The molecule has 0 spiro atoms. The Balaban J connectivity index is 1.55. The number of benzene rings is 2. The van der Waals surface area contributed by atoms with E-state index in [1.54, 1.807) is 24.3 Å². The summed E-state index contributed by atoms with van der Waals surface area (Å²) in [5.74, 6) is 0.373. The number of fused-ring (bicyclic) bond motifs is 1. The number of carbonyl (C=O) groups excluding carboxylic acids is 2. The summed E-state index contributed by atoms with van der Waals surface area (Å²) in [6.07, 6.45) is 6.10. The number of rotatable bonds is 5. The van der Waals surface area contributed by atoms with Gasteiger partial charge in [-0.3, -0.25) is 4.79 Å². The predicted molar refractivity (Wildman–Crippen MR) is 128 cm³/mol. The zero-order valence-corrected chi connectivity index (χ0v) is 20.0. The van der Waals surface area contributed by atoms with Crippen LogP contribution in [0, 0.1) is 5.92 Å². The lowest BCUT2D eigenvalue weighted by molar-refractivity contribution is -0.122. The van der Waals surface area contributed by atoms with Gasteiger partial charge in [0.05, 0.1) is 5.56 Å². The molecule has 1 saturated carbocycles. The highest BCUT2D eigenvalue weighted by atomic mass is 16.5. The largest absolute Gasteiger partial charge is 0.423 e. The predicted octanol–water partition coefficient (Wildman–Crippen LogP) is 6.56. The fourth-order valence-electron chi connectivity index (χ4n) is 5.11. The van der Waals surface area contributed by atoms with Gasteiger partial charge in [0, 0.05) is 11.6 Å². The van der Waals surface area contributed by atoms with E-state index < -0.39 is 0 Å². The molecule has 2 aliphatic carbocycles. The van der Waals surface area contributed by atoms with Crippen molar-refractivity contribution in [3.63, 3.8) is 0 Å². The molecule has 2 aliphatic rings. The maximum atomic E-state index is 13.2. The Morgan fingerprint density at radius 1 is 0.969 bits per heavy atom. The second-order valence-electron chi connectivity index (χ2n) is 10.7. The van der Waals surface area contributed by atoms with Gasteiger partial charge in [0.25, 0.3) is 0 Å². The van der Waals surface area contributed by atoms with E-state index in [9.17, 15) is 9.59 Å². The van der Waals surface area contributed by atoms with Crippen LogP contribution >= 0.6 is 0 Å². The van der Waals surface area contributed by atoms with E-state index in [0.29, 0.717) is 11.3 Å². The minimum absolute atomic E-state index is 0.0345. The Bertz CT molecular complexity index is 1030. The van der Waals surface area contributed by atoms with Crippen molar-refractivity contribution in [2.24, 2.45) is 5.92 Å². The molecule has 4 rings (SSSR count). The number of carbonyl (C=O) groups is 2. The van der Waals surface area contributed by atoms with Crippen molar-refractivity contribution in [3.8, 4) is 5.75 Å². The topological polar surface area (TPSA) is 55.4 Å². The van der Waals surface area contributed by atoms with Crippen LogP contribution in [0.1, 0.15) is 93.8 Å². The average Bonchev–Trinajstić information content (AvgIpc) is 2.70. The normalized spacial score (nSPS) is 18.9. The summed E-state index contributed by atoms with van der Waals surface area (Å²) in [5.41, 5.74) is 5.31. The zero-order valence-electron chi connectivity index (χ0n) is 20.0. The summed E-state index contributed by atoms with van der Waals surface area (Å²) in [6, 6.07) is 11.1. The molecule has 1 fully saturated rings. The van der Waals surface area contributed by atoms with E-state index in [4.69, 9.17) is 4.74 Å². The molecule has 4 nitrogen and oxygen atoms in total. The smallest absolute Gasteiger partial charge is 0.343 e. The Labute approximate surface area is 191 Å². The quantitative estimate of drug-likeness (QED) is 0.429. The second-order valence-corrected chi connectivity index (χ2v) is 10.7. The van der Waals surface area contributed by atoms with Gasteiger partial charge in [-0.05, 0) is 90.0 Å². The standard InChI is InChI=1S/C28H35NO3/c1-6-21-22(14-15-23-24(21)28(4,5)17-16-27(23,2)3)26(31)32-20-12-10-19(11-13-20)29-25(30)18-8-7-9-18/h10-15,18H,6-9,16-17H2,1-5H3,(H,29,30). The molecule has 4 heteroatoms. The highest BCUT2D eigenvalue weighted by Crippen LogP contribution is 2.48. The van der Waals surface area contributed by atoms with Crippen LogP contribution in [0.2, 0.25) is 0 Å². The monoisotopic (exact) mass is 433 g/mol. The van der Waals surface area contributed by atoms with Crippen molar-refractivity contribution in [3.05, 3.63) is 58.7 Å². The number of ether oxygens (including phenoxy) is 1. The highest BCUT2D eigenvalue weighted by Gasteiger charge is 2.39. The average molecular weight is 434 g/mol. The number of amides is 1. The van der Waals surface area contributed by atoms with Crippen LogP contribution < -0.4 is 10.1 Å². The molecule has 0 heterocycles. The molecule has 0 saturated heterocycles. The molecule has 1 amide bonds. The van der Waals surface area contributed by atoms with E-state index in [1.165, 1.54) is 11.1 Å². The molecular weight excluding hydrogens is 398 g/mol. The number of nitrogens with one attached hydrogen (secondary N) is 1. The van der Waals surface area contributed by atoms with Gasteiger partial charge < -0.3 is 10.1 Å². The maximum Gasteiger partial charge on any atom is 0.343 e. The van der Waals surface area contributed by atoms with Crippen LogP contribution in [0.15, 0.2) is 36.4 Å². The van der Waals surface area contributed by atoms with Gasteiger partial charge in [-0.25, -0.2) is 4.79 Å². The third kappa shape index (κ3) is 4.20. The third-order valence-corrected chi connectivity index (χ3v) is 7.48. The Morgan fingerprint density at radius 3 is 2.22 bits per heavy atom. The molecule has 0 aromatic heterocycles. The Hall–Kier alpha value is -2.62. The molecule has 2 aromatic carbocycles. The van der Waals surface area contributed by atoms with Crippen molar-refractivity contribution in [1.29, 1.82) is 0 Å². The van der Waals surface area contributed by atoms with Gasteiger partial charge in [0.1, 0.15) is 5.75 Å². The summed E-state index contributed by atoms with van der Waals surface area (Å²) in [5, 5.41) is 2.95. The molecule has 32 heavy (non-hydrogen) atoms. The van der Waals surface area contributed by atoms with Crippen LogP contribution in [-0.4, -0.2) is 11.9 Å². The fraction of sp³-hybridized carbons (Fsp3) is 0.500. The SMILES string of the molecule is CCc1c(C(=O)Oc2ccc(NC(=O)C3CCC3)cc2)ccc2c1C(C)(C)CCC2(C)C. The van der Waals surface area contributed by atoms with E-state index in [0.717, 1.165) is 49.8 Å². The minimum atomic E-state index is -0.324. The summed E-state index contributed by atoms with van der Waals surface area (Å²) in [4.78, 5) is 25.3. The van der Waals surface area contributed by atoms with E-state index in [2.05, 4.69) is 46.0 Å². The number of anilines is 1. The molecule has 1 N–H and O–H groups in total. The summed E-state index contributed by atoms with van der Waals surface area (Å²) in [7, 11) is 0. The van der Waals surface area contributed by atoms with Crippen molar-refractivity contribution < 1.29 is 14.3 Å². The van der Waals surface area contributed by atoms with Gasteiger partial charge in [-0.15, -0.1) is 0 Å². The van der Waals surface area contributed by atoms with E-state index in [1.807, 2.05) is 6.07 Å². The van der Waals surface area contributed by atoms with Gasteiger partial charge in [-0.2, -0.15) is 0 Å². The van der Waals surface area contributed by atoms with Crippen molar-refractivity contribution in [2.45, 2.75) is 84.0 Å². The lowest BCUT2D eigenvalue weighted by Crippen LogP contribution is -2.35. The number of esters is 1. The first-order chi connectivity index (χ1) is 15.1. The molecule has 0 atom stereocenters. The minimum Gasteiger partial charge on any atom is -0.423 e. The molecule has 0 aliphatic heterocycles. The van der Waals surface area contributed by atoms with E-state index in [-0.39, 0.29) is 28.6 Å². The lowest BCUT2D eigenvalue weighted by atomic mass is 9.61. The first kappa shape index (κ1) is 22.6. The number of hydrogen-bond donors (Lipinski definition) is 1.